The SMILES string of the molecule is O=C(O)c1cccc(CN2CCN(C(=O)O)CC2)c1. The van der Waals surface area contributed by atoms with E-state index in [1.807, 2.05) is 6.07 Å². The maximum Gasteiger partial charge on any atom is 0.407 e. The molecule has 6 nitrogen and oxygen atoms in total. The Balaban J connectivity index is 1.94. The number of piperazine rings is 1. The van der Waals surface area contributed by atoms with Crippen LogP contribution < -0.4 is 0 Å². The molecule has 1 heterocycles. The fraction of sp³-hybridized carbons (Fsp3) is 0.385. The molecule has 1 amide bonds. The average molecular weight is 264 g/mol. The first-order valence-corrected chi connectivity index (χ1v) is 6.09. The Morgan fingerprint density at radius 2 is 1.79 bits per heavy atom. The van der Waals surface area contributed by atoms with Crippen molar-refractivity contribution in [2.45, 2.75) is 6.54 Å². The van der Waals surface area contributed by atoms with Crippen LogP contribution >= 0.6 is 0 Å². The number of aromatic carboxylic acids is 1. The number of rotatable bonds is 3. The number of nitrogens with zero attached hydrogens (tertiary/aromatic N) is 2. The molecular weight excluding hydrogens is 248 g/mol. The Labute approximate surface area is 110 Å². The molecule has 19 heavy (non-hydrogen) atoms. The van der Waals surface area contributed by atoms with Crippen LogP contribution in [0.15, 0.2) is 24.3 Å². The van der Waals surface area contributed by atoms with Crippen molar-refractivity contribution in [2.75, 3.05) is 26.2 Å². The molecule has 1 aromatic rings. The smallest absolute Gasteiger partial charge is 0.407 e. The van der Waals surface area contributed by atoms with Crippen molar-refractivity contribution >= 4 is 12.1 Å². The van der Waals surface area contributed by atoms with Gasteiger partial charge in [0.25, 0.3) is 0 Å². The molecule has 2 rings (SSSR count). The quantitative estimate of drug-likeness (QED) is 0.856. The van der Waals surface area contributed by atoms with E-state index in [2.05, 4.69) is 4.90 Å². The predicted molar refractivity (Wildman–Crippen MR) is 68.3 cm³/mol. The number of hydrogen-bond donors (Lipinski definition) is 2. The lowest BCUT2D eigenvalue weighted by Crippen LogP contribution is -2.47. The van der Waals surface area contributed by atoms with E-state index in [0.717, 1.165) is 5.56 Å². The van der Waals surface area contributed by atoms with Gasteiger partial charge in [0, 0.05) is 32.7 Å². The number of hydrogen-bond acceptors (Lipinski definition) is 3. The third-order valence-electron chi connectivity index (χ3n) is 3.22. The largest absolute Gasteiger partial charge is 0.478 e. The zero-order chi connectivity index (χ0) is 13.8. The minimum absolute atomic E-state index is 0.279. The number of benzene rings is 1. The van der Waals surface area contributed by atoms with Gasteiger partial charge in [-0.2, -0.15) is 0 Å². The van der Waals surface area contributed by atoms with Crippen LogP contribution in [0, 0.1) is 0 Å². The van der Waals surface area contributed by atoms with Crippen LogP contribution in [-0.4, -0.2) is 58.3 Å². The minimum Gasteiger partial charge on any atom is -0.478 e. The maximum atomic E-state index is 10.9. The first kappa shape index (κ1) is 13.4. The van der Waals surface area contributed by atoms with E-state index < -0.39 is 12.1 Å². The van der Waals surface area contributed by atoms with E-state index in [9.17, 15) is 9.59 Å². The molecule has 1 aliphatic heterocycles. The Morgan fingerprint density at radius 1 is 1.11 bits per heavy atom. The molecular formula is C13H16N2O4. The predicted octanol–water partition coefficient (Wildman–Crippen LogP) is 1.18. The molecule has 0 unspecified atom stereocenters. The highest BCUT2D eigenvalue weighted by molar-refractivity contribution is 5.87. The fourth-order valence-corrected chi connectivity index (χ4v) is 2.16. The first-order valence-electron chi connectivity index (χ1n) is 6.09. The van der Waals surface area contributed by atoms with Gasteiger partial charge in [-0.1, -0.05) is 12.1 Å². The molecule has 0 atom stereocenters. The molecule has 0 radical (unpaired) electrons. The lowest BCUT2D eigenvalue weighted by molar-refractivity contribution is 0.0696. The Kier molecular flexibility index (Phi) is 4.01. The molecule has 6 heteroatoms. The second-order valence-electron chi connectivity index (χ2n) is 4.55. The molecule has 0 spiro atoms. The topological polar surface area (TPSA) is 81.1 Å². The third kappa shape index (κ3) is 3.45. The lowest BCUT2D eigenvalue weighted by atomic mass is 10.1. The summed E-state index contributed by atoms with van der Waals surface area (Å²) in [4.78, 5) is 25.2. The molecule has 0 saturated carbocycles. The van der Waals surface area contributed by atoms with Crippen LogP contribution in [-0.2, 0) is 6.54 Å². The highest BCUT2D eigenvalue weighted by Gasteiger charge is 2.20. The summed E-state index contributed by atoms with van der Waals surface area (Å²) < 4.78 is 0. The van der Waals surface area contributed by atoms with Crippen molar-refractivity contribution in [2.24, 2.45) is 0 Å². The van der Waals surface area contributed by atoms with Crippen LogP contribution in [0.4, 0.5) is 4.79 Å². The van der Waals surface area contributed by atoms with Crippen molar-refractivity contribution in [3.8, 4) is 0 Å². The van der Waals surface area contributed by atoms with Crippen LogP contribution in [0.5, 0.6) is 0 Å². The number of carboxylic acids is 1. The highest BCUT2D eigenvalue weighted by Crippen LogP contribution is 2.11. The van der Waals surface area contributed by atoms with E-state index in [4.69, 9.17) is 10.2 Å². The van der Waals surface area contributed by atoms with Gasteiger partial charge in [-0.15, -0.1) is 0 Å². The van der Waals surface area contributed by atoms with Gasteiger partial charge in [-0.05, 0) is 17.7 Å². The summed E-state index contributed by atoms with van der Waals surface area (Å²) in [6.45, 7) is 2.98. The van der Waals surface area contributed by atoms with E-state index in [1.54, 1.807) is 18.2 Å². The normalized spacial score (nSPS) is 16.3. The minimum atomic E-state index is -0.933. The van der Waals surface area contributed by atoms with E-state index in [1.165, 1.54) is 4.90 Å². The van der Waals surface area contributed by atoms with Gasteiger partial charge in [0.15, 0.2) is 0 Å². The second kappa shape index (κ2) is 5.71. The van der Waals surface area contributed by atoms with E-state index in [0.29, 0.717) is 32.7 Å². The van der Waals surface area contributed by atoms with Crippen LogP contribution in [0.2, 0.25) is 0 Å². The molecule has 0 aliphatic carbocycles. The molecule has 1 fully saturated rings. The van der Waals surface area contributed by atoms with Crippen molar-refractivity contribution in [3.05, 3.63) is 35.4 Å². The zero-order valence-electron chi connectivity index (χ0n) is 10.5. The molecule has 2 N–H and O–H groups in total. The summed E-state index contributed by atoms with van der Waals surface area (Å²) in [5, 5.41) is 17.8. The molecule has 1 aromatic carbocycles. The van der Waals surface area contributed by atoms with Gasteiger partial charge >= 0.3 is 12.1 Å². The van der Waals surface area contributed by atoms with Crippen molar-refractivity contribution in [3.63, 3.8) is 0 Å². The summed E-state index contributed by atoms with van der Waals surface area (Å²) in [7, 11) is 0. The second-order valence-corrected chi connectivity index (χ2v) is 4.55. The van der Waals surface area contributed by atoms with Gasteiger partial charge in [0.1, 0.15) is 0 Å². The summed E-state index contributed by atoms with van der Waals surface area (Å²) >= 11 is 0. The molecule has 102 valence electrons. The monoisotopic (exact) mass is 264 g/mol. The standard InChI is InChI=1S/C13H16N2O4/c16-12(17)11-3-1-2-10(8-11)9-14-4-6-15(7-5-14)13(18)19/h1-3,8H,4-7,9H2,(H,16,17)(H,18,19). The fourth-order valence-electron chi connectivity index (χ4n) is 2.16. The summed E-state index contributed by atoms with van der Waals surface area (Å²) in [5.41, 5.74) is 1.21. The van der Waals surface area contributed by atoms with Crippen molar-refractivity contribution in [1.29, 1.82) is 0 Å². The first-order chi connectivity index (χ1) is 9.06. The van der Waals surface area contributed by atoms with E-state index >= 15 is 0 Å². The number of carbonyl (C=O) groups is 2. The number of amides is 1. The van der Waals surface area contributed by atoms with Gasteiger partial charge < -0.3 is 15.1 Å². The van der Waals surface area contributed by atoms with Gasteiger partial charge in [0.2, 0.25) is 0 Å². The molecule has 0 bridgehead atoms. The van der Waals surface area contributed by atoms with Gasteiger partial charge in [-0.25, -0.2) is 9.59 Å². The van der Waals surface area contributed by atoms with E-state index in [-0.39, 0.29) is 5.56 Å². The molecule has 0 aromatic heterocycles. The van der Waals surface area contributed by atoms with Crippen molar-refractivity contribution < 1.29 is 19.8 Å². The Hall–Kier alpha value is -2.08. The summed E-state index contributed by atoms with van der Waals surface area (Å²) in [6.07, 6.45) is -0.882. The highest BCUT2D eigenvalue weighted by atomic mass is 16.4. The third-order valence-corrected chi connectivity index (χ3v) is 3.22. The number of carboxylic acid groups (broad SMARTS) is 2. The van der Waals surface area contributed by atoms with Crippen LogP contribution in [0.25, 0.3) is 0 Å². The van der Waals surface area contributed by atoms with Gasteiger partial charge in [-0.3, -0.25) is 4.90 Å². The molecule has 1 aliphatic rings. The van der Waals surface area contributed by atoms with Crippen LogP contribution in [0.1, 0.15) is 15.9 Å². The summed E-state index contributed by atoms with van der Waals surface area (Å²) in [5.74, 6) is -0.933. The maximum absolute atomic E-state index is 10.9. The molecule has 1 saturated heterocycles. The Bertz CT molecular complexity index is 481. The van der Waals surface area contributed by atoms with Gasteiger partial charge in [0.05, 0.1) is 5.56 Å². The average Bonchev–Trinajstić information content (AvgIpc) is 2.39. The Morgan fingerprint density at radius 3 is 2.37 bits per heavy atom. The van der Waals surface area contributed by atoms with Crippen molar-refractivity contribution in [1.82, 2.24) is 9.80 Å². The summed E-state index contributed by atoms with van der Waals surface area (Å²) in [6, 6.07) is 6.84. The zero-order valence-corrected chi connectivity index (χ0v) is 10.5. The van der Waals surface area contributed by atoms with Crippen LogP contribution in [0.3, 0.4) is 0 Å². The lowest BCUT2D eigenvalue weighted by Gasteiger charge is -2.33.